The highest BCUT2D eigenvalue weighted by Crippen LogP contribution is 2.20. The summed E-state index contributed by atoms with van der Waals surface area (Å²) >= 11 is 1.47. The summed E-state index contributed by atoms with van der Waals surface area (Å²) < 4.78 is 4.34. The quantitative estimate of drug-likeness (QED) is 0.880. The molecule has 0 bridgehead atoms. The van der Waals surface area contributed by atoms with Crippen LogP contribution in [0.25, 0.3) is 0 Å². The zero-order chi connectivity index (χ0) is 15.4. The van der Waals surface area contributed by atoms with E-state index in [1.807, 2.05) is 4.90 Å². The maximum atomic E-state index is 12.3. The summed E-state index contributed by atoms with van der Waals surface area (Å²) in [6.07, 6.45) is 3.83. The smallest absolute Gasteiger partial charge is 0.222 e. The Labute approximate surface area is 136 Å². The van der Waals surface area contributed by atoms with E-state index in [1.165, 1.54) is 18.0 Å². The van der Waals surface area contributed by atoms with Gasteiger partial charge in [-0.05, 0) is 31.8 Å². The highest BCUT2D eigenvalue weighted by molar-refractivity contribution is 7.09. The summed E-state index contributed by atoms with van der Waals surface area (Å²) in [5, 5.41) is 4.36. The fraction of sp³-hybridized carbons (Fsp3) is 0.800. The van der Waals surface area contributed by atoms with E-state index in [2.05, 4.69) is 26.5 Å². The maximum absolute atomic E-state index is 12.3. The SMILES string of the molecule is CCc1nsc(N2CCN(C(=O)CCC3CCNC3)CC2)n1. The van der Waals surface area contributed by atoms with Crippen LogP contribution in [0.3, 0.4) is 0 Å². The minimum absolute atomic E-state index is 0.318. The Morgan fingerprint density at radius 3 is 2.82 bits per heavy atom. The van der Waals surface area contributed by atoms with Crippen LogP contribution in [-0.4, -0.2) is 59.4 Å². The summed E-state index contributed by atoms with van der Waals surface area (Å²) in [5.74, 6) is 1.93. The molecule has 1 aromatic rings. The fourth-order valence-electron chi connectivity index (χ4n) is 3.11. The van der Waals surface area contributed by atoms with Crippen LogP contribution in [-0.2, 0) is 11.2 Å². The molecule has 1 atom stereocenters. The van der Waals surface area contributed by atoms with Crippen LogP contribution in [0, 0.1) is 5.92 Å². The Hall–Kier alpha value is -1.21. The highest BCUT2D eigenvalue weighted by Gasteiger charge is 2.24. The Morgan fingerprint density at radius 2 is 2.18 bits per heavy atom. The molecule has 3 heterocycles. The van der Waals surface area contributed by atoms with Gasteiger partial charge >= 0.3 is 0 Å². The average Bonchev–Trinajstić information content (AvgIpc) is 3.24. The molecule has 1 amide bonds. The Balaban J connectivity index is 1.43. The lowest BCUT2D eigenvalue weighted by Gasteiger charge is -2.34. The van der Waals surface area contributed by atoms with Crippen molar-refractivity contribution in [1.82, 2.24) is 19.6 Å². The van der Waals surface area contributed by atoms with Gasteiger partial charge in [-0.3, -0.25) is 4.79 Å². The second-order valence-electron chi connectivity index (χ2n) is 6.11. The monoisotopic (exact) mass is 323 g/mol. The molecule has 7 heteroatoms. The van der Waals surface area contributed by atoms with Crippen molar-refractivity contribution in [2.75, 3.05) is 44.2 Å². The second-order valence-corrected chi connectivity index (χ2v) is 6.84. The highest BCUT2D eigenvalue weighted by atomic mass is 32.1. The van der Waals surface area contributed by atoms with E-state index in [0.717, 1.165) is 63.1 Å². The summed E-state index contributed by atoms with van der Waals surface area (Å²) in [6, 6.07) is 0. The van der Waals surface area contributed by atoms with E-state index in [1.54, 1.807) is 0 Å². The Bertz CT molecular complexity index is 492. The first kappa shape index (κ1) is 15.7. The third kappa shape index (κ3) is 3.76. The van der Waals surface area contributed by atoms with E-state index in [4.69, 9.17) is 0 Å². The minimum Gasteiger partial charge on any atom is -0.343 e. The van der Waals surface area contributed by atoms with Crippen LogP contribution in [0.1, 0.15) is 32.0 Å². The van der Waals surface area contributed by atoms with Crippen molar-refractivity contribution in [2.45, 2.75) is 32.6 Å². The molecule has 2 aliphatic heterocycles. The molecular weight excluding hydrogens is 298 g/mol. The number of carbonyl (C=O) groups is 1. The first-order chi connectivity index (χ1) is 10.8. The number of aryl methyl sites for hydroxylation is 1. The number of hydrogen-bond donors (Lipinski definition) is 1. The van der Waals surface area contributed by atoms with Gasteiger partial charge in [0.2, 0.25) is 11.0 Å². The number of hydrogen-bond acceptors (Lipinski definition) is 6. The van der Waals surface area contributed by atoms with Crippen molar-refractivity contribution in [3.8, 4) is 0 Å². The zero-order valence-corrected chi connectivity index (χ0v) is 14.1. The number of carbonyl (C=O) groups excluding carboxylic acids is 1. The number of nitrogens with zero attached hydrogens (tertiary/aromatic N) is 4. The van der Waals surface area contributed by atoms with E-state index in [0.29, 0.717) is 18.2 Å². The molecule has 2 saturated heterocycles. The lowest BCUT2D eigenvalue weighted by Crippen LogP contribution is -2.48. The van der Waals surface area contributed by atoms with Crippen LogP contribution < -0.4 is 10.2 Å². The first-order valence-corrected chi connectivity index (χ1v) is 9.09. The summed E-state index contributed by atoms with van der Waals surface area (Å²) in [6.45, 7) is 7.62. The van der Waals surface area contributed by atoms with Gasteiger partial charge in [0.25, 0.3) is 0 Å². The number of rotatable bonds is 5. The number of piperazine rings is 1. The van der Waals surface area contributed by atoms with Crippen molar-refractivity contribution in [2.24, 2.45) is 5.92 Å². The van der Waals surface area contributed by atoms with Gasteiger partial charge in [-0.2, -0.15) is 4.37 Å². The Morgan fingerprint density at radius 1 is 1.36 bits per heavy atom. The van der Waals surface area contributed by atoms with Gasteiger partial charge in [0.15, 0.2) is 0 Å². The van der Waals surface area contributed by atoms with Crippen molar-refractivity contribution in [3.05, 3.63) is 5.82 Å². The molecule has 6 nitrogen and oxygen atoms in total. The van der Waals surface area contributed by atoms with Crippen LogP contribution in [0.5, 0.6) is 0 Å². The molecule has 22 heavy (non-hydrogen) atoms. The molecule has 0 radical (unpaired) electrons. The Kier molecular flexibility index (Phi) is 5.25. The minimum atomic E-state index is 0.318. The third-order valence-corrected chi connectivity index (χ3v) is 5.42. The standard InChI is InChI=1S/C15H25N5OS/c1-2-13-17-15(22-18-13)20-9-7-19(8-10-20)14(21)4-3-12-5-6-16-11-12/h12,16H,2-11H2,1H3. The van der Waals surface area contributed by atoms with E-state index >= 15 is 0 Å². The molecule has 1 aromatic heterocycles. The lowest BCUT2D eigenvalue weighted by atomic mass is 10.0. The molecule has 2 aliphatic rings. The van der Waals surface area contributed by atoms with Gasteiger partial charge in [0.1, 0.15) is 5.82 Å². The van der Waals surface area contributed by atoms with Gasteiger partial charge < -0.3 is 15.1 Å². The predicted molar refractivity (Wildman–Crippen MR) is 88.3 cm³/mol. The van der Waals surface area contributed by atoms with E-state index in [-0.39, 0.29) is 0 Å². The van der Waals surface area contributed by atoms with E-state index in [9.17, 15) is 4.79 Å². The number of anilines is 1. The van der Waals surface area contributed by atoms with Gasteiger partial charge in [0.05, 0.1) is 0 Å². The molecule has 3 rings (SSSR count). The number of nitrogens with one attached hydrogen (secondary N) is 1. The normalized spacial score (nSPS) is 22.3. The molecule has 0 spiro atoms. The summed E-state index contributed by atoms with van der Waals surface area (Å²) in [7, 11) is 0. The largest absolute Gasteiger partial charge is 0.343 e. The van der Waals surface area contributed by atoms with E-state index < -0.39 is 0 Å². The van der Waals surface area contributed by atoms with Crippen molar-refractivity contribution < 1.29 is 4.79 Å². The van der Waals surface area contributed by atoms with Gasteiger partial charge in [-0.25, -0.2) is 4.98 Å². The maximum Gasteiger partial charge on any atom is 0.222 e. The molecule has 2 fully saturated rings. The lowest BCUT2D eigenvalue weighted by molar-refractivity contribution is -0.131. The molecular formula is C15H25N5OS. The zero-order valence-electron chi connectivity index (χ0n) is 13.3. The van der Waals surface area contributed by atoms with Crippen molar-refractivity contribution in [1.29, 1.82) is 0 Å². The van der Waals surface area contributed by atoms with Crippen LogP contribution in [0.15, 0.2) is 0 Å². The fourth-order valence-corrected chi connectivity index (χ4v) is 3.91. The third-order valence-electron chi connectivity index (χ3n) is 4.61. The van der Waals surface area contributed by atoms with Gasteiger partial charge in [-0.15, -0.1) is 0 Å². The summed E-state index contributed by atoms with van der Waals surface area (Å²) in [4.78, 5) is 21.1. The molecule has 122 valence electrons. The topological polar surface area (TPSA) is 61.4 Å². The van der Waals surface area contributed by atoms with Crippen LogP contribution in [0.4, 0.5) is 5.13 Å². The van der Waals surface area contributed by atoms with Crippen LogP contribution >= 0.6 is 11.5 Å². The van der Waals surface area contributed by atoms with Gasteiger partial charge in [-0.1, -0.05) is 6.92 Å². The first-order valence-electron chi connectivity index (χ1n) is 8.32. The molecule has 0 aliphatic carbocycles. The summed E-state index contributed by atoms with van der Waals surface area (Å²) in [5.41, 5.74) is 0. The van der Waals surface area contributed by atoms with Crippen LogP contribution in [0.2, 0.25) is 0 Å². The second kappa shape index (κ2) is 7.37. The average molecular weight is 323 g/mol. The van der Waals surface area contributed by atoms with Crippen molar-refractivity contribution in [3.63, 3.8) is 0 Å². The predicted octanol–water partition coefficient (Wildman–Crippen LogP) is 1.14. The number of amides is 1. The van der Waals surface area contributed by atoms with Gasteiger partial charge in [0, 0.05) is 50.6 Å². The molecule has 1 N–H and O–H groups in total. The molecule has 0 saturated carbocycles. The number of aromatic nitrogens is 2. The molecule has 0 aromatic carbocycles. The molecule has 1 unspecified atom stereocenters. The van der Waals surface area contributed by atoms with Crippen molar-refractivity contribution >= 4 is 22.6 Å².